The summed E-state index contributed by atoms with van der Waals surface area (Å²) in [4.78, 5) is 0. The van der Waals surface area contributed by atoms with E-state index in [1.165, 1.54) is 5.56 Å². The van der Waals surface area contributed by atoms with Crippen LogP contribution in [0.2, 0.25) is 5.02 Å². The van der Waals surface area contributed by atoms with Crippen LogP contribution in [0.15, 0.2) is 0 Å². The lowest BCUT2D eigenvalue weighted by molar-refractivity contribution is 0.162. The minimum Gasteiger partial charge on any atom is -0.393 e. The molecule has 1 atom stereocenters. The largest absolute Gasteiger partial charge is 0.393 e. The average molecular weight is 311 g/mol. The summed E-state index contributed by atoms with van der Waals surface area (Å²) in [5.41, 5.74) is 5.12. The summed E-state index contributed by atoms with van der Waals surface area (Å²) in [7, 11) is 3.80. The van der Waals surface area contributed by atoms with Crippen LogP contribution in [0.3, 0.4) is 0 Å². The van der Waals surface area contributed by atoms with Crippen molar-refractivity contribution in [3.05, 3.63) is 33.4 Å². The maximum Gasteiger partial charge on any atom is 0.0847 e. The minimum atomic E-state index is -0.434. The summed E-state index contributed by atoms with van der Waals surface area (Å²) in [5.74, 6) is 0. The highest BCUT2D eigenvalue weighted by Crippen LogP contribution is 2.22. The first kappa shape index (κ1) is 16.0. The molecule has 2 rings (SSSR count). The van der Waals surface area contributed by atoms with Crippen LogP contribution in [0, 0.1) is 20.8 Å². The zero-order valence-corrected chi connectivity index (χ0v) is 14.1. The molecule has 0 aliphatic heterocycles. The number of hydrogen-bond acceptors (Lipinski definition) is 3. The molecule has 1 N–H and O–H groups in total. The van der Waals surface area contributed by atoms with Gasteiger partial charge in [-0.25, -0.2) is 0 Å². The Morgan fingerprint density at radius 3 is 2.19 bits per heavy atom. The van der Waals surface area contributed by atoms with Gasteiger partial charge in [0.15, 0.2) is 0 Å². The molecule has 1 unspecified atom stereocenters. The maximum absolute atomic E-state index is 10.3. The van der Waals surface area contributed by atoms with E-state index in [1.807, 2.05) is 32.6 Å². The average Bonchev–Trinajstić information content (AvgIpc) is 2.79. The van der Waals surface area contributed by atoms with Crippen LogP contribution < -0.4 is 0 Å². The third kappa shape index (κ3) is 3.30. The van der Waals surface area contributed by atoms with Crippen molar-refractivity contribution in [1.82, 2.24) is 19.6 Å². The Morgan fingerprint density at radius 1 is 1.10 bits per heavy atom. The molecular weight excluding hydrogens is 288 g/mol. The molecule has 0 aromatic carbocycles. The van der Waals surface area contributed by atoms with E-state index in [9.17, 15) is 5.11 Å². The molecule has 0 aliphatic carbocycles. The van der Waals surface area contributed by atoms with Crippen LogP contribution in [0.25, 0.3) is 0 Å². The Labute approximate surface area is 130 Å². The Balaban J connectivity index is 2.01. The molecule has 0 aliphatic rings. The number of aryl methyl sites for hydroxylation is 4. The fourth-order valence-corrected chi connectivity index (χ4v) is 2.95. The molecule has 0 amide bonds. The Hall–Kier alpha value is -1.33. The van der Waals surface area contributed by atoms with Crippen molar-refractivity contribution in [2.45, 2.75) is 46.1 Å². The molecule has 5 nitrogen and oxygen atoms in total. The van der Waals surface area contributed by atoms with Gasteiger partial charge < -0.3 is 5.11 Å². The Bertz CT molecular complexity index is 645. The zero-order chi connectivity index (χ0) is 15.7. The quantitative estimate of drug-likeness (QED) is 0.921. The predicted molar refractivity (Wildman–Crippen MR) is 83.7 cm³/mol. The van der Waals surface area contributed by atoms with Crippen molar-refractivity contribution < 1.29 is 5.11 Å². The first-order valence-corrected chi connectivity index (χ1v) is 7.54. The molecule has 2 heterocycles. The normalized spacial score (nSPS) is 12.9. The van der Waals surface area contributed by atoms with Crippen LogP contribution in [-0.4, -0.2) is 30.8 Å². The highest BCUT2D eigenvalue weighted by molar-refractivity contribution is 6.31. The number of nitrogens with zero attached hydrogens (tertiary/aromatic N) is 4. The lowest BCUT2D eigenvalue weighted by atomic mass is 10.0. The molecule has 0 spiro atoms. The zero-order valence-electron chi connectivity index (χ0n) is 13.3. The molecule has 0 bridgehead atoms. The molecule has 0 saturated carbocycles. The van der Waals surface area contributed by atoms with Crippen molar-refractivity contribution in [3.63, 3.8) is 0 Å². The lowest BCUT2D eigenvalue weighted by Crippen LogP contribution is -2.15. The monoisotopic (exact) mass is 310 g/mol. The molecule has 0 fully saturated rings. The third-order valence-corrected chi connectivity index (χ3v) is 4.57. The van der Waals surface area contributed by atoms with E-state index in [-0.39, 0.29) is 0 Å². The van der Waals surface area contributed by atoms with Gasteiger partial charge in [0, 0.05) is 26.2 Å². The summed E-state index contributed by atoms with van der Waals surface area (Å²) >= 11 is 6.22. The van der Waals surface area contributed by atoms with Crippen LogP contribution in [0.1, 0.15) is 34.8 Å². The van der Waals surface area contributed by atoms with Gasteiger partial charge in [0.25, 0.3) is 0 Å². The molecule has 2 aromatic rings. The second-order valence-corrected chi connectivity index (χ2v) is 6.02. The van der Waals surface area contributed by atoms with Crippen LogP contribution in [-0.2, 0) is 26.9 Å². The van der Waals surface area contributed by atoms with Crippen molar-refractivity contribution >= 4 is 11.6 Å². The standard InChI is InChI=1S/C15H23ClN4O/c1-9-13(11(3)19(4)17-9)7-6-12(21)8-14-15(16)10(2)18-20(14)5/h12,21H,6-8H2,1-5H3. The summed E-state index contributed by atoms with van der Waals surface area (Å²) in [6, 6.07) is 0. The summed E-state index contributed by atoms with van der Waals surface area (Å²) in [5, 5.41) is 19.6. The van der Waals surface area contributed by atoms with Gasteiger partial charge in [-0.05, 0) is 39.2 Å². The van der Waals surface area contributed by atoms with Gasteiger partial charge in [0.2, 0.25) is 0 Å². The molecule has 2 aromatic heterocycles. The lowest BCUT2D eigenvalue weighted by Gasteiger charge is -2.11. The second kappa shape index (κ2) is 6.20. The van der Waals surface area contributed by atoms with Crippen LogP contribution in [0.4, 0.5) is 0 Å². The summed E-state index contributed by atoms with van der Waals surface area (Å²) < 4.78 is 3.64. The molecule has 116 valence electrons. The maximum atomic E-state index is 10.3. The van der Waals surface area contributed by atoms with E-state index in [1.54, 1.807) is 4.68 Å². The van der Waals surface area contributed by atoms with Gasteiger partial charge in [0.1, 0.15) is 0 Å². The fraction of sp³-hybridized carbons (Fsp3) is 0.600. The highest BCUT2D eigenvalue weighted by Gasteiger charge is 2.17. The SMILES string of the molecule is Cc1nn(C)c(CC(O)CCc2c(C)nn(C)c2C)c1Cl. The van der Waals surface area contributed by atoms with Gasteiger partial charge in [0.05, 0.1) is 28.2 Å². The van der Waals surface area contributed by atoms with E-state index in [0.717, 1.165) is 29.2 Å². The van der Waals surface area contributed by atoms with Crippen LogP contribution in [0.5, 0.6) is 0 Å². The minimum absolute atomic E-state index is 0.434. The number of aliphatic hydroxyl groups is 1. The fourth-order valence-electron chi connectivity index (χ4n) is 2.72. The highest BCUT2D eigenvalue weighted by atomic mass is 35.5. The first-order chi connectivity index (χ1) is 9.81. The van der Waals surface area contributed by atoms with Gasteiger partial charge in [-0.1, -0.05) is 11.6 Å². The molecular formula is C15H23ClN4O. The number of rotatable bonds is 5. The summed E-state index contributed by atoms with van der Waals surface area (Å²) in [6.45, 7) is 5.94. The Morgan fingerprint density at radius 2 is 1.71 bits per heavy atom. The third-order valence-electron chi connectivity index (χ3n) is 4.08. The second-order valence-electron chi connectivity index (χ2n) is 5.64. The van der Waals surface area contributed by atoms with Gasteiger partial charge in [-0.2, -0.15) is 10.2 Å². The predicted octanol–water partition coefficient (Wildman–Crippen LogP) is 2.27. The summed E-state index contributed by atoms with van der Waals surface area (Å²) in [6.07, 6.45) is 1.60. The van der Waals surface area contributed by atoms with Crippen molar-refractivity contribution in [2.24, 2.45) is 14.1 Å². The smallest absolute Gasteiger partial charge is 0.0847 e. The van der Waals surface area contributed by atoms with Crippen LogP contribution >= 0.6 is 11.6 Å². The van der Waals surface area contributed by atoms with Gasteiger partial charge >= 0.3 is 0 Å². The van der Waals surface area contributed by atoms with E-state index >= 15 is 0 Å². The Kier molecular flexibility index (Phi) is 4.74. The van der Waals surface area contributed by atoms with E-state index < -0.39 is 6.10 Å². The number of aliphatic hydroxyl groups excluding tert-OH is 1. The number of hydrogen-bond donors (Lipinski definition) is 1. The number of aromatic nitrogens is 4. The van der Waals surface area contributed by atoms with Crippen molar-refractivity contribution in [1.29, 1.82) is 0 Å². The molecule has 0 radical (unpaired) electrons. The van der Waals surface area contributed by atoms with Gasteiger partial charge in [-0.15, -0.1) is 0 Å². The van der Waals surface area contributed by atoms with Gasteiger partial charge in [-0.3, -0.25) is 9.36 Å². The molecule has 0 saturated heterocycles. The van der Waals surface area contributed by atoms with Crippen molar-refractivity contribution in [3.8, 4) is 0 Å². The topological polar surface area (TPSA) is 55.9 Å². The van der Waals surface area contributed by atoms with E-state index in [4.69, 9.17) is 11.6 Å². The molecule has 6 heteroatoms. The van der Waals surface area contributed by atoms with E-state index in [2.05, 4.69) is 17.1 Å². The first-order valence-electron chi connectivity index (χ1n) is 7.16. The van der Waals surface area contributed by atoms with E-state index in [0.29, 0.717) is 17.9 Å². The molecule has 21 heavy (non-hydrogen) atoms. The number of halogens is 1. The van der Waals surface area contributed by atoms with Crippen molar-refractivity contribution in [2.75, 3.05) is 0 Å².